The maximum absolute atomic E-state index is 13.7. The fourth-order valence-electron chi connectivity index (χ4n) is 6.50. The molecule has 14 nitrogen and oxygen atoms in total. The third-order valence-electron chi connectivity index (χ3n) is 9.16. The molecule has 55 heavy (non-hydrogen) atoms. The van der Waals surface area contributed by atoms with E-state index in [0.29, 0.717) is 29.0 Å². The number of benzene rings is 3. The van der Waals surface area contributed by atoms with Crippen molar-refractivity contribution in [3.05, 3.63) is 125 Å². The van der Waals surface area contributed by atoms with E-state index in [9.17, 15) is 33.2 Å². The zero-order valence-corrected chi connectivity index (χ0v) is 30.0. The van der Waals surface area contributed by atoms with Gasteiger partial charge in [-0.3, -0.25) is 44.0 Å². The van der Waals surface area contributed by atoms with Crippen LogP contribution in [0.4, 0.5) is 15.8 Å². The molecule has 2 unspecified atom stereocenters. The van der Waals surface area contributed by atoms with Gasteiger partial charge in [-0.2, -0.15) is 0 Å². The standard InChI is InChI=1S/C40H39FN6O8/c1-46(36(27-6-4-17-42-24-27)25-10-12-28(41)13-11-25)38(51)26-5-2-7-29(23-26)44-34(49)16-19-54-21-22-55-20-18-43-31-9-3-8-30-35(31)40(53)47(39(30)52)32-14-15-33(48)45-37(32)50/h2-13,17,23-24,32,36,43H,14-16,18-22H2,1H3,(H,44,49)(H,45,48,50). The first-order valence-electron chi connectivity index (χ1n) is 17.7. The van der Waals surface area contributed by atoms with Crippen molar-refractivity contribution in [2.45, 2.75) is 31.3 Å². The first-order valence-corrected chi connectivity index (χ1v) is 17.7. The third kappa shape index (κ3) is 9.08. The zero-order chi connectivity index (χ0) is 38.9. The summed E-state index contributed by atoms with van der Waals surface area (Å²) in [6.45, 7) is 1.17. The predicted octanol–water partition coefficient (Wildman–Crippen LogP) is 3.96. The van der Waals surface area contributed by atoms with Crippen molar-refractivity contribution < 1.29 is 42.6 Å². The van der Waals surface area contributed by atoms with Crippen molar-refractivity contribution in [1.82, 2.24) is 20.1 Å². The van der Waals surface area contributed by atoms with Gasteiger partial charge in [-0.05, 0) is 66.1 Å². The van der Waals surface area contributed by atoms with Crippen LogP contribution in [0.3, 0.4) is 0 Å². The van der Waals surface area contributed by atoms with E-state index in [1.165, 1.54) is 18.2 Å². The van der Waals surface area contributed by atoms with Crippen LogP contribution in [0.1, 0.15) is 67.5 Å². The van der Waals surface area contributed by atoms with E-state index in [0.717, 1.165) is 10.5 Å². The molecule has 0 saturated carbocycles. The number of imide groups is 2. The Labute approximate surface area is 316 Å². The number of nitrogens with one attached hydrogen (secondary N) is 3. The molecule has 1 saturated heterocycles. The number of hydrogen-bond donors (Lipinski definition) is 3. The van der Waals surface area contributed by atoms with Crippen molar-refractivity contribution in [2.24, 2.45) is 0 Å². The maximum Gasteiger partial charge on any atom is 0.264 e. The molecule has 0 aliphatic carbocycles. The van der Waals surface area contributed by atoms with Gasteiger partial charge in [0.05, 0.1) is 50.0 Å². The van der Waals surface area contributed by atoms with E-state index in [1.54, 1.807) is 78.9 Å². The maximum atomic E-state index is 13.7. The van der Waals surface area contributed by atoms with E-state index in [4.69, 9.17) is 9.47 Å². The molecule has 3 aromatic carbocycles. The Balaban J connectivity index is 0.911. The quantitative estimate of drug-likeness (QED) is 0.112. The molecule has 3 heterocycles. The predicted molar refractivity (Wildman–Crippen MR) is 198 cm³/mol. The van der Waals surface area contributed by atoms with Crippen LogP contribution in [0, 0.1) is 5.82 Å². The molecule has 284 valence electrons. The molecule has 2 aliphatic heterocycles. The second-order valence-corrected chi connectivity index (χ2v) is 12.9. The summed E-state index contributed by atoms with van der Waals surface area (Å²) in [6, 6.07) is 19.4. The minimum absolute atomic E-state index is 0.0386. The normalized spacial score (nSPS) is 15.7. The summed E-state index contributed by atoms with van der Waals surface area (Å²) in [4.78, 5) is 83.1. The van der Waals surface area contributed by atoms with E-state index >= 15 is 0 Å². The number of piperidine rings is 1. The molecule has 2 atom stereocenters. The summed E-state index contributed by atoms with van der Waals surface area (Å²) < 4.78 is 24.8. The SMILES string of the molecule is CN(C(=O)c1cccc(NC(=O)CCOCCOCCNc2cccc3c2C(=O)N(C2CCC(=O)NC2=O)C3=O)c1)C(c1ccc(F)cc1)c1cccnc1. The summed E-state index contributed by atoms with van der Waals surface area (Å²) in [5, 5.41) is 8.09. The number of halogens is 1. The van der Waals surface area contributed by atoms with Crippen LogP contribution in [0.25, 0.3) is 0 Å². The molecule has 0 radical (unpaired) electrons. The van der Waals surface area contributed by atoms with Gasteiger partial charge in [-0.1, -0.05) is 30.3 Å². The number of aromatic nitrogens is 1. The highest BCUT2D eigenvalue weighted by Gasteiger charge is 2.45. The second-order valence-electron chi connectivity index (χ2n) is 12.9. The lowest BCUT2D eigenvalue weighted by atomic mass is 9.98. The van der Waals surface area contributed by atoms with Gasteiger partial charge in [-0.15, -0.1) is 0 Å². The highest BCUT2D eigenvalue weighted by Crippen LogP contribution is 2.33. The molecule has 6 amide bonds. The highest BCUT2D eigenvalue weighted by atomic mass is 19.1. The molecule has 0 spiro atoms. The van der Waals surface area contributed by atoms with Crippen LogP contribution in [-0.2, 0) is 23.9 Å². The Kier molecular flexibility index (Phi) is 12.3. The number of fused-ring (bicyclic) bond motifs is 1. The van der Waals surface area contributed by atoms with E-state index in [1.807, 2.05) is 6.07 Å². The van der Waals surface area contributed by atoms with Gasteiger partial charge in [0.25, 0.3) is 17.7 Å². The van der Waals surface area contributed by atoms with Crippen LogP contribution < -0.4 is 16.0 Å². The van der Waals surface area contributed by atoms with E-state index < -0.39 is 35.7 Å². The van der Waals surface area contributed by atoms with Crippen molar-refractivity contribution in [1.29, 1.82) is 0 Å². The van der Waals surface area contributed by atoms with Gasteiger partial charge in [-0.25, -0.2) is 4.39 Å². The minimum atomic E-state index is -1.05. The summed E-state index contributed by atoms with van der Waals surface area (Å²) in [7, 11) is 1.66. The van der Waals surface area contributed by atoms with Crippen molar-refractivity contribution in [2.75, 3.05) is 50.7 Å². The smallest absolute Gasteiger partial charge is 0.264 e. The van der Waals surface area contributed by atoms with Crippen LogP contribution in [-0.4, -0.2) is 96.3 Å². The highest BCUT2D eigenvalue weighted by molar-refractivity contribution is 6.25. The lowest BCUT2D eigenvalue weighted by Crippen LogP contribution is -2.54. The number of anilines is 2. The molecular weight excluding hydrogens is 711 g/mol. The fourth-order valence-corrected chi connectivity index (χ4v) is 6.50. The summed E-state index contributed by atoms with van der Waals surface area (Å²) >= 11 is 0. The zero-order valence-electron chi connectivity index (χ0n) is 30.0. The number of nitrogens with zero attached hydrogens (tertiary/aromatic N) is 3. The number of rotatable bonds is 16. The number of hydrogen-bond acceptors (Lipinski definition) is 10. The fraction of sp³-hybridized carbons (Fsp3) is 0.275. The van der Waals surface area contributed by atoms with Gasteiger partial charge >= 0.3 is 0 Å². The van der Waals surface area contributed by atoms with Crippen molar-refractivity contribution >= 4 is 46.8 Å². The third-order valence-corrected chi connectivity index (χ3v) is 9.16. The molecular formula is C40H39FN6O8. The van der Waals surface area contributed by atoms with Gasteiger partial charge in [0.15, 0.2) is 0 Å². The first kappa shape index (κ1) is 38.4. The van der Waals surface area contributed by atoms with Crippen LogP contribution in [0.2, 0.25) is 0 Å². The van der Waals surface area contributed by atoms with Crippen LogP contribution >= 0.6 is 0 Å². The lowest BCUT2D eigenvalue weighted by molar-refractivity contribution is -0.136. The van der Waals surface area contributed by atoms with Crippen molar-refractivity contribution in [3.63, 3.8) is 0 Å². The first-order chi connectivity index (χ1) is 26.6. The Hall–Kier alpha value is -6.32. The molecule has 3 N–H and O–H groups in total. The average Bonchev–Trinajstić information content (AvgIpc) is 3.44. The Morgan fingerprint density at radius 2 is 1.69 bits per heavy atom. The minimum Gasteiger partial charge on any atom is -0.382 e. The van der Waals surface area contributed by atoms with Gasteiger partial charge in [0, 0.05) is 49.3 Å². The summed E-state index contributed by atoms with van der Waals surface area (Å²) in [6.07, 6.45) is 3.47. The topological polar surface area (TPSA) is 176 Å². The molecule has 1 aromatic heterocycles. The van der Waals surface area contributed by atoms with E-state index in [-0.39, 0.29) is 74.4 Å². The van der Waals surface area contributed by atoms with E-state index in [2.05, 4.69) is 20.9 Å². The van der Waals surface area contributed by atoms with Crippen molar-refractivity contribution in [3.8, 4) is 0 Å². The van der Waals surface area contributed by atoms with Gasteiger partial charge in [0.1, 0.15) is 11.9 Å². The average molecular weight is 751 g/mol. The monoisotopic (exact) mass is 750 g/mol. The summed E-state index contributed by atoms with van der Waals surface area (Å²) in [5.41, 5.74) is 3.04. The molecule has 2 aliphatic rings. The molecule has 1 fully saturated rings. The van der Waals surface area contributed by atoms with Crippen LogP contribution in [0.5, 0.6) is 0 Å². The number of carbonyl (C=O) groups excluding carboxylic acids is 6. The van der Waals surface area contributed by atoms with Crippen LogP contribution in [0.15, 0.2) is 91.3 Å². The number of carbonyl (C=O) groups is 6. The largest absolute Gasteiger partial charge is 0.382 e. The second kappa shape index (κ2) is 17.7. The Bertz CT molecular complexity index is 2080. The molecule has 0 bridgehead atoms. The summed E-state index contributed by atoms with van der Waals surface area (Å²) in [5.74, 6) is -3.28. The number of amides is 6. The number of ether oxygens (including phenoxy) is 2. The Morgan fingerprint density at radius 1 is 0.927 bits per heavy atom. The lowest BCUT2D eigenvalue weighted by Gasteiger charge is -2.29. The van der Waals surface area contributed by atoms with Gasteiger partial charge < -0.3 is 25.0 Å². The number of pyridine rings is 1. The Morgan fingerprint density at radius 3 is 2.44 bits per heavy atom. The molecule has 6 rings (SSSR count). The van der Waals surface area contributed by atoms with Gasteiger partial charge in [0.2, 0.25) is 17.7 Å². The molecule has 4 aromatic rings. The molecule has 15 heteroatoms.